The largest absolute Gasteiger partial charge is 0.309 e. The molecular formula is C9H13N5S. The van der Waals surface area contributed by atoms with Crippen molar-refractivity contribution in [2.24, 2.45) is 0 Å². The van der Waals surface area contributed by atoms with E-state index in [1.54, 1.807) is 28.7 Å². The molecule has 0 saturated heterocycles. The van der Waals surface area contributed by atoms with Crippen molar-refractivity contribution in [3.05, 3.63) is 28.7 Å². The zero-order valence-corrected chi connectivity index (χ0v) is 9.37. The van der Waals surface area contributed by atoms with Gasteiger partial charge in [0, 0.05) is 18.5 Å². The first-order chi connectivity index (χ1) is 7.34. The molecule has 0 aromatic carbocycles. The van der Waals surface area contributed by atoms with E-state index in [0.29, 0.717) is 0 Å². The molecule has 0 bridgehead atoms. The van der Waals surface area contributed by atoms with Gasteiger partial charge in [0.1, 0.15) is 12.7 Å². The summed E-state index contributed by atoms with van der Waals surface area (Å²) >= 11 is 1.68. The van der Waals surface area contributed by atoms with Crippen molar-refractivity contribution in [1.29, 1.82) is 0 Å². The molecule has 0 spiro atoms. The van der Waals surface area contributed by atoms with Crippen LogP contribution in [0, 0.1) is 6.92 Å². The lowest BCUT2D eigenvalue weighted by Crippen LogP contribution is -2.19. The maximum Gasteiger partial charge on any atom is 0.137 e. The van der Waals surface area contributed by atoms with E-state index < -0.39 is 0 Å². The number of aromatic nitrogens is 4. The van der Waals surface area contributed by atoms with E-state index in [1.807, 2.05) is 6.92 Å². The molecule has 0 saturated carbocycles. The highest BCUT2D eigenvalue weighted by atomic mass is 32.1. The Kier molecular flexibility index (Phi) is 3.41. The van der Waals surface area contributed by atoms with E-state index in [-0.39, 0.29) is 0 Å². The summed E-state index contributed by atoms with van der Waals surface area (Å²) in [6.45, 7) is 4.55. The molecule has 2 rings (SSSR count). The van der Waals surface area contributed by atoms with Gasteiger partial charge in [-0.1, -0.05) is 0 Å². The monoisotopic (exact) mass is 223 g/mol. The third kappa shape index (κ3) is 3.10. The number of rotatable bonds is 5. The molecule has 0 amide bonds. The van der Waals surface area contributed by atoms with Gasteiger partial charge in [-0.3, -0.25) is 4.68 Å². The van der Waals surface area contributed by atoms with Gasteiger partial charge in [-0.25, -0.2) is 9.97 Å². The number of hydrogen-bond donors (Lipinski definition) is 1. The smallest absolute Gasteiger partial charge is 0.137 e. The molecule has 2 aromatic heterocycles. The summed E-state index contributed by atoms with van der Waals surface area (Å²) in [5.41, 5.74) is 1.11. The number of hydrogen-bond acceptors (Lipinski definition) is 5. The molecule has 80 valence electrons. The van der Waals surface area contributed by atoms with Crippen molar-refractivity contribution in [1.82, 2.24) is 25.1 Å². The third-order valence-electron chi connectivity index (χ3n) is 1.96. The van der Waals surface area contributed by atoms with Crippen LogP contribution in [0.1, 0.15) is 10.7 Å². The summed E-state index contributed by atoms with van der Waals surface area (Å²) in [5, 5.41) is 10.5. The molecule has 0 aliphatic rings. The highest BCUT2D eigenvalue weighted by Gasteiger charge is 1.97. The lowest BCUT2D eigenvalue weighted by Gasteiger charge is -2.01. The van der Waals surface area contributed by atoms with Crippen LogP contribution in [0.2, 0.25) is 0 Å². The summed E-state index contributed by atoms with van der Waals surface area (Å²) < 4.78 is 1.80. The van der Waals surface area contributed by atoms with Crippen molar-refractivity contribution in [2.75, 3.05) is 6.54 Å². The van der Waals surface area contributed by atoms with Crippen LogP contribution in [0.15, 0.2) is 18.0 Å². The Hall–Kier alpha value is -1.27. The number of nitrogens with one attached hydrogen (secondary N) is 1. The van der Waals surface area contributed by atoms with E-state index in [1.165, 1.54) is 0 Å². The molecule has 2 aromatic rings. The number of nitrogens with zero attached hydrogens (tertiary/aromatic N) is 4. The Balaban J connectivity index is 1.67. The molecular weight excluding hydrogens is 210 g/mol. The van der Waals surface area contributed by atoms with Crippen molar-refractivity contribution in [3.8, 4) is 0 Å². The summed E-state index contributed by atoms with van der Waals surface area (Å²) in [4.78, 5) is 8.24. The minimum atomic E-state index is 0.818. The normalized spacial score (nSPS) is 10.7. The molecule has 0 atom stereocenters. The van der Waals surface area contributed by atoms with Crippen LogP contribution in [0.25, 0.3) is 0 Å². The molecule has 6 heteroatoms. The fraction of sp³-hybridized carbons (Fsp3) is 0.444. The first-order valence-electron chi connectivity index (χ1n) is 4.79. The molecule has 2 heterocycles. The minimum absolute atomic E-state index is 0.818. The van der Waals surface area contributed by atoms with Gasteiger partial charge in [0.2, 0.25) is 0 Å². The second-order valence-electron chi connectivity index (χ2n) is 3.19. The molecule has 5 nitrogen and oxygen atoms in total. The van der Waals surface area contributed by atoms with Gasteiger partial charge in [0.25, 0.3) is 0 Å². The Bertz CT molecular complexity index is 394. The molecule has 15 heavy (non-hydrogen) atoms. The van der Waals surface area contributed by atoms with E-state index in [0.717, 1.165) is 30.3 Å². The Labute approximate surface area is 92.2 Å². The van der Waals surface area contributed by atoms with Crippen LogP contribution in [0.5, 0.6) is 0 Å². The minimum Gasteiger partial charge on any atom is -0.309 e. The summed E-state index contributed by atoms with van der Waals surface area (Å²) in [6, 6.07) is 0. The van der Waals surface area contributed by atoms with Crippen molar-refractivity contribution < 1.29 is 0 Å². The highest BCUT2D eigenvalue weighted by Crippen LogP contribution is 2.06. The van der Waals surface area contributed by atoms with Gasteiger partial charge in [-0.15, -0.1) is 11.3 Å². The zero-order chi connectivity index (χ0) is 10.5. The average Bonchev–Trinajstić information content (AvgIpc) is 2.84. The zero-order valence-electron chi connectivity index (χ0n) is 8.55. The van der Waals surface area contributed by atoms with Crippen LogP contribution in [-0.4, -0.2) is 26.3 Å². The van der Waals surface area contributed by atoms with Crippen LogP contribution in [0.4, 0.5) is 0 Å². The fourth-order valence-corrected chi connectivity index (χ4v) is 1.86. The van der Waals surface area contributed by atoms with Crippen LogP contribution < -0.4 is 5.32 Å². The van der Waals surface area contributed by atoms with Gasteiger partial charge in [-0.05, 0) is 6.92 Å². The molecule has 0 aliphatic heterocycles. The Morgan fingerprint density at radius 2 is 2.47 bits per heavy atom. The fourth-order valence-electron chi connectivity index (χ4n) is 1.25. The topological polar surface area (TPSA) is 55.6 Å². The maximum absolute atomic E-state index is 4.37. The van der Waals surface area contributed by atoms with Gasteiger partial charge in [-0.2, -0.15) is 5.10 Å². The van der Waals surface area contributed by atoms with Gasteiger partial charge >= 0.3 is 0 Å². The van der Waals surface area contributed by atoms with Crippen molar-refractivity contribution >= 4 is 11.3 Å². The predicted octanol–water partition coefficient (Wildman–Crippen LogP) is 0.833. The summed E-state index contributed by atoms with van der Waals surface area (Å²) in [6.07, 6.45) is 3.26. The van der Waals surface area contributed by atoms with Crippen LogP contribution in [-0.2, 0) is 13.1 Å². The van der Waals surface area contributed by atoms with Gasteiger partial charge in [0.05, 0.1) is 17.2 Å². The van der Waals surface area contributed by atoms with Crippen molar-refractivity contribution in [2.45, 2.75) is 20.0 Å². The summed E-state index contributed by atoms with van der Waals surface area (Å²) in [7, 11) is 0. The van der Waals surface area contributed by atoms with E-state index in [9.17, 15) is 0 Å². The van der Waals surface area contributed by atoms with Crippen molar-refractivity contribution in [3.63, 3.8) is 0 Å². The second kappa shape index (κ2) is 4.99. The molecule has 0 aliphatic carbocycles. The quantitative estimate of drug-likeness (QED) is 0.763. The average molecular weight is 223 g/mol. The lowest BCUT2D eigenvalue weighted by molar-refractivity contribution is 0.551. The third-order valence-corrected chi connectivity index (χ3v) is 2.78. The first kappa shape index (κ1) is 10.3. The molecule has 0 radical (unpaired) electrons. The predicted molar refractivity (Wildman–Crippen MR) is 58.6 cm³/mol. The molecule has 0 unspecified atom stereocenters. The van der Waals surface area contributed by atoms with Gasteiger partial charge in [0.15, 0.2) is 0 Å². The second-order valence-corrected chi connectivity index (χ2v) is 4.26. The van der Waals surface area contributed by atoms with Crippen LogP contribution >= 0.6 is 11.3 Å². The summed E-state index contributed by atoms with van der Waals surface area (Å²) in [5.74, 6) is 0. The highest BCUT2D eigenvalue weighted by molar-refractivity contribution is 7.09. The van der Waals surface area contributed by atoms with E-state index in [4.69, 9.17) is 0 Å². The first-order valence-corrected chi connectivity index (χ1v) is 5.67. The molecule has 0 fully saturated rings. The standard InChI is InChI=1S/C9H13N5S/c1-8-13-9(5-15-8)4-10-2-3-14-7-11-6-12-14/h5-7,10H,2-4H2,1H3. The Morgan fingerprint density at radius 3 is 3.13 bits per heavy atom. The lowest BCUT2D eigenvalue weighted by atomic mass is 10.4. The number of aryl methyl sites for hydroxylation is 1. The molecule has 1 N–H and O–H groups in total. The maximum atomic E-state index is 4.37. The number of thiazole rings is 1. The van der Waals surface area contributed by atoms with Crippen LogP contribution in [0.3, 0.4) is 0 Å². The van der Waals surface area contributed by atoms with E-state index in [2.05, 4.69) is 25.8 Å². The Morgan fingerprint density at radius 1 is 1.53 bits per heavy atom. The van der Waals surface area contributed by atoms with Gasteiger partial charge < -0.3 is 5.32 Å². The SMILES string of the molecule is Cc1nc(CNCCn2cncn2)cs1. The van der Waals surface area contributed by atoms with E-state index >= 15 is 0 Å².